The molecule has 0 aliphatic carbocycles. The van der Waals surface area contributed by atoms with E-state index >= 15 is 0 Å². The lowest BCUT2D eigenvalue weighted by molar-refractivity contribution is -0.385. The first-order valence-corrected chi connectivity index (χ1v) is 5.49. The summed E-state index contributed by atoms with van der Waals surface area (Å²) in [6.45, 7) is 2.72. The van der Waals surface area contributed by atoms with E-state index in [2.05, 4.69) is 5.10 Å². The monoisotopic (exact) mass is 270 g/mol. The van der Waals surface area contributed by atoms with Gasteiger partial charge in [0.25, 0.3) is 0 Å². The second-order valence-electron chi connectivity index (χ2n) is 4.16. The number of carboxylic acids is 1. The Morgan fingerprint density at radius 3 is 2.63 bits per heavy atom. The number of carboxylic acid groups (broad SMARTS) is 1. The van der Waals surface area contributed by atoms with Gasteiger partial charge in [0.15, 0.2) is 0 Å². The molecule has 0 fully saturated rings. The predicted molar refractivity (Wildman–Crippen MR) is 63.4 cm³/mol. The van der Waals surface area contributed by atoms with Crippen molar-refractivity contribution in [2.75, 3.05) is 6.54 Å². The maximum absolute atomic E-state index is 11.9. The van der Waals surface area contributed by atoms with Crippen molar-refractivity contribution in [1.29, 1.82) is 0 Å². The Hall–Kier alpha value is -2.45. The molecule has 1 rings (SSSR count). The van der Waals surface area contributed by atoms with Gasteiger partial charge in [0.2, 0.25) is 5.91 Å². The number of nitro groups is 1. The number of hydrogen-bond acceptors (Lipinski definition) is 5. The standard InChI is InChI=1S/C10H14N4O5/c1-7(2)13(6-10(16)17)9(15)5-12-4-8(3-11-12)14(18)19/h3-4,7H,5-6H2,1-2H3,(H,16,17). The number of aromatic nitrogens is 2. The van der Waals surface area contributed by atoms with Gasteiger partial charge in [-0.1, -0.05) is 0 Å². The van der Waals surface area contributed by atoms with Crippen LogP contribution in [0.25, 0.3) is 0 Å². The molecule has 0 radical (unpaired) electrons. The summed E-state index contributed by atoms with van der Waals surface area (Å²) in [4.78, 5) is 33.6. The average molecular weight is 270 g/mol. The molecule has 104 valence electrons. The van der Waals surface area contributed by atoms with Crippen molar-refractivity contribution < 1.29 is 19.6 Å². The minimum atomic E-state index is -1.12. The van der Waals surface area contributed by atoms with E-state index in [0.717, 1.165) is 22.0 Å². The number of rotatable bonds is 6. The predicted octanol–water partition coefficient (Wildman–Crippen LogP) is 0.113. The maximum atomic E-state index is 11.9. The molecular formula is C10H14N4O5. The van der Waals surface area contributed by atoms with E-state index in [9.17, 15) is 19.7 Å². The molecule has 0 unspecified atom stereocenters. The van der Waals surface area contributed by atoms with Crippen LogP contribution in [0.1, 0.15) is 13.8 Å². The van der Waals surface area contributed by atoms with Gasteiger partial charge in [0, 0.05) is 6.04 Å². The first-order valence-electron chi connectivity index (χ1n) is 5.49. The molecule has 19 heavy (non-hydrogen) atoms. The molecule has 9 nitrogen and oxygen atoms in total. The molecular weight excluding hydrogens is 256 g/mol. The van der Waals surface area contributed by atoms with Gasteiger partial charge in [-0.05, 0) is 13.8 Å². The van der Waals surface area contributed by atoms with E-state index < -0.39 is 23.3 Å². The van der Waals surface area contributed by atoms with E-state index in [4.69, 9.17) is 5.11 Å². The SMILES string of the molecule is CC(C)N(CC(=O)O)C(=O)Cn1cc([N+](=O)[O-])cn1. The fourth-order valence-electron chi connectivity index (χ4n) is 1.47. The molecule has 0 aliphatic rings. The van der Waals surface area contributed by atoms with Crippen molar-refractivity contribution in [3.05, 3.63) is 22.5 Å². The van der Waals surface area contributed by atoms with Crippen molar-refractivity contribution in [1.82, 2.24) is 14.7 Å². The zero-order chi connectivity index (χ0) is 14.6. The first-order chi connectivity index (χ1) is 8.81. The lowest BCUT2D eigenvalue weighted by atomic mass is 10.3. The van der Waals surface area contributed by atoms with Gasteiger partial charge in [-0.25, -0.2) is 0 Å². The maximum Gasteiger partial charge on any atom is 0.323 e. The van der Waals surface area contributed by atoms with Gasteiger partial charge in [0.1, 0.15) is 25.5 Å². The van der Waals surface area contributed by atoms with Crippen LogP contribution in [-0.2, 0) is 16.1 Å². The van der Waals surface area contributed by atoms with Gasteiger partial charge >= 0.3 is 11.7 Å². The Bertz CT molecular complexity index is 496. The highest BCUT2D eigenvalue weighted by Crippen LogP contribution is 2.08. The Kier molecular flexibility index (Phi) is 4.56. The third kappa shape index (κ3) is 4.05. The minimum Gasteiger partial charge on any atom is -0.480 e. The second kappa shape index (κ2) is 5.94. The topological polar surface area (TPSA) is 119 Å². The molecule has 1 aromatic rings. The van der Waals surface area contributed by atoms with E-state index in [1.807, 2.05) is 0 Å². The van der Waals surface area contributed by atoms with E-state index in [0.29, 0.717) is 0 Å². The zero-order valence-electron chi connectivity index (χ0n) is 10.5. The summed E-state index contributed by atoms with van der Waals surface area (Å²) < 4.78 is 1.11. The summed E-state index contributed by atoms with van der Waals surface area (Å²) >= 11 is 0. The number of carbonyl (C=O) groups excluding carboxylic acids is 1. The van der Waals surface area contributed by atoms with Crippen LogP contribution in [0.3, 0.4) is 0 Å². The third-order valence-electron chi connectivity index (χ3n) is 2.38. The molecule has 0 atom stereocenters. The highest BCUT2D eigenvalue weighted by atomic mass is 16.6. The summed E-state index contributed by atoms with van der Waals surface area (Å²) in [5, 5.41) is 22.9. The summed E-state index contributed by atoms with van der Waals surface area (Å²) in [5.41, 5.74) is -0.220. The summed E-state index contributed by atoms with van der Waals surface area (Å²) in [6, 6.07) is -0.283. The highest BCUT2D eigenvalue weighted by molar-refractivity contribution is 5.81. The van der Waals surface area contributed by atoms with Crippen molar-refractivity contribution in [3.8, 4) is 0 Å². The molecule has 0 aromatic carbocycles. The molecule has 1 N–H and O–H groups in total. The summed E-state index contributed by atoms with van der Waals surface area (Å²) in [5.74, 6) is -1.58. The average Bonchev–Trinajstić information content (AvgIpc) is 2.73. The van der Waals surface area contributed by atoms with Crippen molar-refractivity contribution in [2.24, 2.45) is 0 Å². The van der Waals surface area contributed by atoms with Crippen molar-refractivity contribution in [2.45, 2.75) is 26.4 Å². The van der Waals surface area contributed by atoms with E-state index in [1.54, 1.807) is 13.8 Å². The molecule has 0 spiro atoms. The van der Waals surface area contributed by atoms with Crippen molar-refractivity contribution in [3.63, 3.8) is 0 Å². The van der Waals surface area contributed by atoms with Crippen molar-refractivity contribution >= 4 is 17.6 Å². The fourth-order valence-corrected chi connectivity index (χ4v) is 1.47. The lowest BCUT2D eigenvalue weighted by Gasteiger charge is -2.24. The second-order valence-corrected chi connectivity index (χ2v) is 4.16. The molecule has 1 heterocycles. The first kappa shape index (κ1) is 14.6. The molecule has 0 bridgehead atoms. The Morgan fingerprint density at radius 2 is 2.21 bits per heavy atom. The van der Waals surface area contributed by atoms with E-state index in [-0.39, 0.29) is 18.3 Å². The number of aliphatic carboxylic acids is 1. The largest absolute Gasteiger partial charge is 0.480 e. The molecule has 1 amide bonds. The summed E-state index contributed by atoms with van der Waals surface area (Å²) in [7, 11) is 0. The normalized spacial score (nSPS) is 10.5. The quantitative estimate of drug-likeness (QED) is 0.579. The summed E-state index contributed by atoms with van der Waals surface area (Å²) in [6.07, 6.45) is 2.15. The van der Waals surface area contributed by atoms with Crippen LogP contribution in [-0.4, -0.2) is 49.2 Å². The van der Waals surface area contributed by atoms with Crippen LogP contribution in [0.5, 0.6) is 0 Å². The number of hydrogen-bond donors (Lipinski definition) is 1. The molecule has 9 heteroatoms. The lowest BCUT2D eigenvalue weighted by Crippen LogP contribution is -2.42. The van der Waals surface area contributed by atoms with Crippen LogP contribution >= 0.6 is 0 Å². The molecule has 1 aromatic heterocycles. The Morgan fingerprint density at radius 1 is 1.58 bits per heavy atom. The van der Waals surface area contributed by atoms with Crippen LogP contribution in [0.15, 0.2) is 12.4 Å². The van der Waals surface area contributed by atoms with Crippen LogP contribution in [0, 0.1) is 10.1 Å². The Balaban J connectivity index is 2.75. The highest BCUT2D eigenvalue weighted by Gasteiger charge is 2.21. The van der Waals surface area contributed by atoms with Gasteiger partial charge in [-0.2, -0.15) is 5.10 Å². The van der Waals surface area contributed by atoms with Gasteiger partial charge in [0.05, 0.1) is 4.92 Å². The third-order valence-corrected chi connectivity index (χ3v) is 2.38. The van der Waals surface area contributed by atoms with Gasteiger partial charge in [-0.3, -0.25) is 24.4 Å². The fraction of sp³-hybridized carbons (Fsp3) is 0.500. The number of carbonyl (C=O) groups is 2. The Labute approximate surface area is 108 Å². The van der Waals surface area contributed by atoms with Crippen LogP contribution in [0.4, 0.5) is 5.69 Å². The number of nitrogens with zero attached hydrogens (tertiary/aromatic N) is 4. The molecule has 0 saturated carbocycles. The molecule has 0 saturated heterocycles. The smallest absolute Gasteiger partial charge is 0.323 e. The zero-order valence-corrected chi connectivity index (χ0v) is 10.5. The van der Waals surface area contributed by atoms with Crippen LogP contribution in [0.2, 0.25) is 0 Å². The van der Waals surface area contributed by atoms with Gasteiger partial charge < -0.3 is 10.0 Å². The van der Waals surface area contributed by atoms with E-state index in [1.165, 1.54) is 0 Å². The number of amides is 1. The molecule has 0 aliphatic heterocycles. The minimum absolute atomic E-state index is 0.220. The van der Waals surface area contributed by atoms with Crippen LogP contribution < -0.4 is 0 Å². The van der Waals surface area contributed by atoms with Gasteiger partial charge in [-0.15, -0.1) is 0 Å².